The summed E-state index contributed by atoms with van der Waals surface area (Å²) in [5.41, 5.74) is -1.06. The van der Waals surface area contributed by atoms with Gasteiger partial charge in [0, 0.05) is 0 Å². The van der Waals surface area contributed by atoms with E-state index in [4.69, 9.17) is 0 Å². The molecule has 0 aromatic heterocycles. The number of rotatable bonds is 2. The average molecular weight is 288 g/mol. The maximum absolute atomic E-state index is 12.0. The molecule has 1 aliphatic heterocycles. The van der Waals surface area contributed by atoms with Crippen molar-refractivity contribution >= 4 is 22.8 Å². The van der Waals surface area contributed by atoms with Crippen LogP contribution in [-0.4, -0.2) is 38.0 Å². The predicted molar refractivity (Wildman–Crippen MR) is 78.4 cm³/mol. The summed E-state index contributed by atoms with van der Waals surface area (Å²) in [5, 5.41) is 13.6. The van der Waals surface area contributed by atoms with Crippen LogP contribution in [0.4, 0.5) is 0 Å². The first-order valence-electron chi connectivity index (χ1n) is 6.63. The fourth-order valence-corrected chi connectivity index (χ4v) is 3.44. The first kappa shape index (κ1) is 16.5. The fraction of sp³-hybridized carbons (Fsp3) is 0.846. The van der Waals surface area contributed by atoms with Crippen LogP contribution < -0.4 is 5.32 Å². The molecule has 19 heavy (non-hydrogen) atoms. The maximum Gasteiger partial charge on any atom is 0.245 e. The predicted octanol–water partition coefficient (Wildman–Crippen LogP) is 1.24. The lowest BCUT2D eigenvalue weighted by atomic mass is 9.91. The molecule has 0 aromatic rings. The van der Waals surface area contributed by atoms with Crippen molar-refractivity contribution < 1.29 is 15.4 Å². The second kappa shape index (κ2) is 5.81. The monoisotopic (exact) mass is 288 g/mol. The SMILES string of the molecule is CC(C)(O)C1(C)SC(=NC2CCCCC2)NC1=O.O. The summed E-state index contributed by atoms with van der Waals surface area (Å²) in [6, 6.07) is 0.339. The number of carbonyl (C=O) groups is 1. The molecular weight excluding hydrogens is 264 g/mol. The summed E-state index contributed by atoms with van der Waals surface area (Å²) in [4.78, 5) is 16.7. The Morgan fingerprint density at radius 3 is 2.42 bits per heavy atom. The molecule has 0 aromatic carbocycles. The van der Waals surface area contributed by atoms with Gasteiger partial charge in [0.25, 0.3) is 0 Å². The molecule has 1 atom stereocenters. The third kappa shape index (κ3) is 3.30. The number of nitrogens with one attached hydrogen (secondary N) is 1. The number of thioether (sulfide) groups is 1. The fourth-order valence-electron chi connectivity index (χ4n) is 2.32. The molecule has 1 saturated carbocycles. The molecule has 6 heteroatoms. The van der Waals surface area contributed by atoms with Gasteiger partial charge in [0.15, 0.2) is 5.17 Å². The highest BCUT2D eigenvalue weighted by Crippen LogP contribution is 2.40. The Morgan fingerprint density at radius 2 is 1.95 bits per heavy atom. The van der Waals surface area contributed by atoms with E-state index < -0.39 is 10.3 Å². The van der Waals surface area contributed by atoms with Crippen LogP contribution in [0.2, 0.25) is 0 Å². The van der Waals surface area contributed by atoms with E-state index in [2.05, 4.69) is 10.3 Å². The first-order chi connectivity index (χ1) is 8.33. The van der Waals surface area contributed by atoms with Gasteiger partial charge in [-0.05, 0) is 33.6 Å². The Hall–Kier alpha value is -0.590. The van der Waals surface area contributed by atoms with Crippen molar-refractivity contribution in [1.29, 1.82) is 0 Å². The summed E-state index contributed by atoms with van der Waals surface area (Å²) in [7, 11) is 0. The van der Waals surface area contributed by atoms with Crippen LogP contribution in [0, 0.1) is 0 Å². The molecule has 1 aliphatic carbocycles. The first-order valence-corrected chi connectivity index (χ1v) is 7.45. The van der Waals surface area contributed by atoms with Crippen molar-refractivity contribution in [3.8, 4) is 0 Å². The molecule has 1 saturated heterocycles. The number of amides is 1. The highest BCUT2D eigenvalue weighted by atomic mass is 32.2. The van der Waals surface area contributed by atoms with Crippen LogP contribution in [0.5, 0.6) is 0 Å². The highest BCUT2D eigenvalue weighted by Gasteiger charge is 2.52. The number of aliphatic hydroxyl groups is 1. The molecule has 5 nitrogen and oxygen atoms in total. The molecule has 2 aliphatic rings. The molecule has 4 N–H and O–H groups in total. The van der Waals surface area contributed by atoms with E-state index >= 15 is 0 Å². The molecule has 1 unspecified atom stereocenters. The van der Waals surface area contributed by atoms with E-state index in [1.54, 1.807) is 20.8 Å². The zero-order valence-electron chi connectivity index (χ0n) is 11.8. The van der Waals surface area contributed by atoms with Gasteiger partial charge < -0.3 is 15.9 Å². The Balaban J connectivity index is 0.00000180. The second-order valence-electron chi connectivity index (χ2n) is 5.87. The molecule has 0 radical (unpaired) electrons. The third-order valence-electron chi connectivity index (χ3n) is 4.00. The molecule has 2 fully saturated rings. The second-order valence-corrected chi connectivity index (χ2v) is 7.28. The largest absolute Gasteiger partial charge is 0.412 e. The van der Waals surface area contributed by atoms with Gasteiger partial charge in [0.1, 0.15) is 4.75 Å². The number of nitrogens with zero attached hydrogens (tertiary/aromatic N) is 1. The van der Waals surface area contributed by atoms with Crippen LogP contribution in [0.25, 0.3) is 0 Å². The van der Waals surface area contributed by atoms with Crippen molar-refractivity contribution in [3.63, 3.8) is 0 Å². The number of amidine groups is 1. The normalized spacial score (nSPS) is 31.2. The molecule has 0 bridgehead atoms. The van der Waals surface area contributed by atoms with Gasteiger partial charge in [0.05, 0.1) is 11.6 Å². The molecule has 1 amide bonds. The third-order valence-corrected chi connectivity index (χ3v) is 5.49. The van der Waals surface area contributed by atoms with Crippen molar-refractivity contribution in [2.24, 2.45) is 4.99 Å². The smallest absolute Gasteiger partial charge is 0.245 e. The molecule has 1 heterocycles. The summed E-state index contributed by atoms with van der Waals surface area (Å²) in [5.74, 6) is -0.144. The van der Waals surface area contributed by atoms with Gasteiger partial charge >= 0.3 is 0 Å². The van der Waals surface area contributed by atoms with Gasteiger partial charge in [-0.2, -0.15) is 0 Å². The molecular formula is C13H24N2O3S. The summed E-state index contributed by atoms with van der Waals surface area (Å²) in [6.45, 7) is 5.11. The van der Waals surface area contributed by atoms with Crippen molar-refractivity contribution in [1.82, 2.24) is 5.32 Å². The van der Waals surface area contributed by atoms with Gasteiger partial charge in [-0.25, -0.2) is 0 Å². The van der Waals surface area contributed by atoms with E-state index in [9.17, 15) is 9.90 Å². The van der Waals surface area contributed by atoms with Crippen molar-refractivity contribution in [2.75, 3.05) is 0 Å². The van der Waals surface area contributed by atoms with Crippen molar-refractivity contribution in [3.05, 3.63) is 0 Å². The van der Waals surface area contributed by atoms with Crippen LogP contribution >= 0.6 is 11.8 Å². The van der Waals surface area contributed by atoms with Crippen LogP contribution in [-0.2, 0) is 4.79 Å². The highest BCUT2D eigenvalue weighted by molar-refractivity contribution is 8.16. The number of carbonyl (C=O) groups excluding carboxylic acids is 1. The van der Waals surface area contributed by atoms with Gasteiger partial charge in [0.2, 0.25) is 5.91 Å². The lowest BCUT2D eigenvalue weighted by Crippen LogP contribution is -2.50. The lowest BCUT2D eigenvalue weighted by Gasteiger charge is -2.32. The summed E-state index contributed by atoms with van der Waals surface area (Å²) >= 11 is 1.36. The zero-order chi connectivity index (χ0) is 13.4. The minimum atomic E-state index is -1.06. The van der Waals surface area contributed by atoms with Crippen molar-refractivity contribution in [2.45, 2.75) is 69.3 Å². The van der Waals surface area contributed by atoms with E-state index in [0.717, 1.165) is 12.8 Å². The number of hydrogen-bond acceptors (Lipinski definition) is 4. The topological polar surface area (TPSA) is 93.2 Å². The molecule has 0 spiro atoms. The quantitative estimate of drug-likeness (QED) is 0.800. The van der Waals surface area contributed by atoms with E-state index in [1.807, 2.05) is 0 Å². The van der Waals surface area contributed by atoms with Gasteiger partial charge in [-0.1, -0.05) is 31.0 Å². The number of hydrogen-bond donors (Lipinski definition) is 2. The summed E-state index contributed by atoms with van der Waals surface area (Å²) < 4.78 is -0.847. The Morgan fingerprint density at radius 1 is 1.37 bits per heavy atom. The van der Waals surface area contributed by atoms with Crippen LogP contribution in [0.1, 0.15) is 52.9 Å². The maximum atomic E-state index is 12.0. The summed E-state index contributed by atoms with van der Waals surface area (Å²) in [6.07, 6.45) is 5.96. The minimum absolute atomic E-state index is 0. The number of aliphatic imine (C=N–C) groups is 1. The molecule has 2 rings (SSSR count). The Kier molecular flexibility index (Phi) is 5.03. The zero-order valence-corrected chi connectivity index (χ0v) is 12.6. The van der Waals surface area contributed by atoms with E-state index in [-0.39, 0.29) is 11.4 Å². The van der Waals surface area contributed by atoms with Gasteiger partial charge in [-0.3, -0.25) is 9.79 Å². The lowest BCUT2D eigenvalue weighted by molar-refractivity contribution is -0.126. The van der Waals surface area contributed by atoms with E-state index in [1.165, 1.54) is 31.0 Å². The average Bonchev–Trinajstić information content (AvgIpc) is 2.56. The van der Waals surface area contributed by atoms with Gasteiger partial charge in [-0.15, -0.1) is 0 Å². The standard InChI is InChI=1S/C13H22N2O2S.H2O/c1-12(2,17)13(3)10(16)15-11(18-13)14-9-7-5-4-6-8-9;/h9,17H,4-8H2,1-3H3,(H,14,15,16);1H2. The minimum Gasteiger partial charge on any atom is -0.412 e. The van der Waals surface area contributed by atoms with Crippen LogP contribution in [0.15, 0.2) is 4.99 Å². The Labute approximate surface area is 118 Å². The van der Waals surface area contributed by atoms with E-state index in [0.29, 0.717) is 11.2 Å². The Bertz CT molecular complexity index is 373. The van der Waals surface area contributed by atoms with Crippen LogP contribution in [0.3, 0.4) is 0 Å². The molecule has 110 valence electrons.